The molecular weight excluding hydrogens is 308 g/mol. The Labute approximate surface area is 120 Å². The fourth-order valence-electron chi connectivity index (χ4n) is 1.81. The van der Waals surface area contributed by atoms with Crippen molar-refractivity contribution in [3.05, 3.63) is 46.2 Å². The summed E-state index contributed by atoms with van der Waals surface area (Å²) in [7, 11) is 0. The first-order chi connectivity index (χ1) is 9.01. The Balaban J connectivity index is 2.22. The molecule has 1 amide bonds. The van der Waals surface area contributed by atoms with E-state index >= 15 is 0 Å². The Kier molecular flexibility index (Phi) is 3.95. The van der Waals surface area contributed by atoms with E-state index in [1.807, 2.05) is 17.7 Å². The molecule has 0 unspecified atom stereocenters. The molecule has 2 aromatic rings. The van der Waals surface area contributed by atoms with Gasteiger partial charge in [0.05, 0.1) is 0 Å². The van der Waals surface area contributed by atoms with Crippen LogP contribution in [0.4, 0.5) is 5.69 Å². The molecule has 0 aliphatic carbocycles. The molecule has 0 saturated heterocycles. The van der Waals surface area contributed by atoms with E-state index in [-0.39, 0.29) is 11.7 Å². The van der Waals surface area contributed by atoms with E-state index in [1.165, 1.54) is 0 Å². The summed E-state index contributed by atoms with van der Waals surface area (Å²) in [5.74, 6) is -0.0272. The summed E-state index contributed by atoms with van der Waals surface area (Å²) >= 11 is 3.36. The first kappa shape index (κ1) is 13.7. The molecule has 0 aliphatic rings. The van der Waals surface area contributed by atoms with Crippen molar-refractivity contribution in [1.29, 1.82) is 0 Å². The number of amides is 1. The number of phenols is 1. The maximum Gasteiger partial charge on any atom is 0.272 e. The van der Waals surface area contributed by atoms with E-state index in [4.69, 9.17) is 0 Å². The lowest BCUT2D eigenvalue weighted by Gasteiger charge is -2.08. The second-order valence-electron chi connectivity index (χ2n) is 4.28. The van der Waals surface area contributed by atoms with Crippen molar-refractivity contribution in [2.24, 2.45) is 0 Å². The number of benzene rings is 1. The molecule has 0 radical (unpaired) electrons. The molecular formula is C14H15BrN2O2. The fourth-order valence-corrected chi connectivity index (χ4v) is 2.27. The number of halogens is 1. The monoisotopic (exact) mass is 322 g/mol. The van der Waals surface area contributed by atoms with Gasteiger partial charge >= 0.3 is 0 Å². The average molecular weight is 323 g/mol. The number of hydrogen-bond donors (Lipinski definition) is 2. The van der Waals surface area contributed by atoms with Gasteiger partial charge in [0.1, 0.15) is 11.4 Å². The molecule has 100 valence electrons. The van der Waals surface area contributed by atoms with Crippen LogP contribution >= 0.6 is 15.9 Å². The number of aromatic hydroxyl groups is 1. The van der Waals surface area contributed by atoms with Crippen molar-refractivity contribution in [1.82, 2.24) is 4.57 Å². The molecule has 2 rings (SSSR count). The van der Waals surface area contributed by atoms with Gasteiger partial charge in [-0.1, -0.05) is 6.07 Å². The van der Waals surface area contributed by atoms with Crippen LogP contribution in [0.5, 0.6) is 5.75 Å². The molecule has 5 heteroatoms. The summed E-state index contributed by atoms with van der Waals surface area (Å²) in [5, 5.41) is 12.4. The molecule has 1 heterocycles. The topological polar surface area (TPSA) is 54.3 Å². The quantitative estimate of drug-likeness (QED) is 0.908. The van der Waals surface area contributed by atoms with E-state index in [0.717, 1.165) is 10.0 Å². The Morgan fingerprint density at radius 3 is 2.79 bits per heavy atom. The molecule has 4 nitrogen and oxygen atoms in total. The molecule has 0 atom stereocenters. The Bertz CT molecular complexity index is 620. The number of phenolic OH excluding ortho intramolecular Hbond substituents is 1. The lowest BCUT2D eigenvalue weighted by Crippen LogP contribution is -2.16. The highest BCUT2D eigenvalue weighted by molar-refractivity contribution is 9.10. The van der Waals surface area contributed by atoms with Crippen molar-refractivity contribution in [3.63, 3.8) is 0 Å². The first-order valence-corrected chi connectivity index (χ1v) is 6.77. The van der Waals surface area contributed by atoms with Gasteiger partial charge < -0.3 is 15.0 Å². The van der Waals surface area contributed by atoms with E-state index in [1.54, 1.807) is 31.2 Å². The third-order valence-corrected chi connectivity index (χ3v) is 3.34. The Morgan fingerprint density at radius 1 is 1.42 bits per heavy atom. The number of rotatable bonds is 3. The van der Waals surface area contributed by atoms with Crippen LogP contribution in [0, 0.1) is 6.92 Å². The summed E-state index contributed by atoms with van der Waals surface area (Å²) in [5.41, 5.74) is 1.93. The largest absolute Gasteiger partial charge is 0.508 e. The highest BCUT2D eigenvalue weighted by Crippen LogP contribution is 2.22. The molecule has 0 fully saturated rings. The molecule has 0 saturated carbocycles. The SMILES string of the molecule is CCn1cc(Br)cc1C(=O)Nc1ccc(C)c(O)c1. The van der Waals surface area contributed by atoms with E-state index in [0.29, 0.717) is 17.9 Å². The van der Waals surface area contributed by atoms with Crippen LogP contribution in [0.2, 0.25) is 0 Å². The van der Waals surface area contributed by atoms with Crippen LogP contribution in [-0.2, 0) is 6.54 Å². The number of carbonyl (C=O) groups is 1. The van der Waals surface area contributed by atoms with Crippen LogP contribution < -0.4 is 5.32 Å². The van der Waals surface area contributed by atoms with Crippen molar-refractivity contribution in [2.45, 2.75) is 20.4 Å². The van der Waals surface area contributed by atoms with Crippen molar-refractivity contribution in [2.75, 3.05) is 5.32 Å². The van der Waals surface area contributed by atoms with Gasteiger partial charge in [-0.2, -0.15) is 0 Å². The molecule has 2 N–H and O–H groups in total. The van der Waals surface area contributed by atoms with Gasteiger partial charge in [-0.3, -0.25) is 4.79 Å². The number of anilines is 1. The van der Waals surface area contributed by atoms with Gasteiger partial charge in [-0.15, -0.1) is 0 Å². The van der Waals surface area contributed by atoms with Gasteiger partial charge in [0.15, 0.2) is 0 Å². The van der Waals surface area contributed by atoms with Crippen molar-refractivity contribution < 1.29 is 9.90 Å². The van der Waals surface area contributed by atoms with Crippen LogP contribution in [0.15, 0.2) is 34.9 Å². The van der Waals surface area contributed by atoms with Gasteiger partial charge in [-0.05, 0) is 47.5 Å². The minimum absolute atomic E-state index is 0.171. The maximum absolute atomic E-state index is 12.2. The minimum atomic E-state index is -0.198. The third kappa shape index (κ3) is 2.98. The third-order valence-electron chi connectivity index (χ3n) is 2.90. The van der Waals surface area contributed by atoms with Gasteiger partial charge in [0.2, 0.25) is 0 Å². The predicted molar refractivity (Wildman–Crippen MR) is 78.6 cm³/mol. The number of aromatic nitrogens is 1. The van der Waals surface area contributed by atoms with Crippen molar-refractivity contribution >= 4 is 27.5 Å². The highest BCUT2D eigenvalue weighted by atomic mass is 79.9. The van der Waals surface area contributed by atoms with Gasteiger partial charge in [0.25, 0.3) is 5.91 Å². The second kappa shape index (κ2) is 5.48. The summed E-state index contributed by atoms with van der Waals surface area (Å²) in [4.78, 5) is 12.2. The molecule has 0 bridgehead atoms. The standard InChI is InChI=1S/C14H15BrN2O2/c1-3-17-8-10(15)6-12(17)14(19)16-11-5-4-9(2)13(18)7-11/h4-8,18H,3H2,1-2H3,(H,16,19). The number of aryl methyl sites for hydroxylation is 2. The Hall–Kier alpha value is -1.75. The lowest BCUT2D eigenvalue weighted by molar-refractivity contribution is 0.101. The normalized spacial score (nSPS) is 10.5. The molecule has 19 heavy (non-hydrogen) atoms. The Morgan fingerprint density at radius 2 is 2.16 bits per heavy atom. The summed E-state index contributed by atoms with van der Waals surface area (Å²) in [6.45, 7) is 4.49. The van der Waals surface area contributed by atoms with Crippen LogP contribution in [0.25, 0.3) is 0 Å². The van der Waals surface area contributed by atoms with Crippen molar-refractivity contribution in [3.8, 4) is 5.75 Å². The second-order valence-corrected chi connectivity index (χ2v) is 5.20. The van der Waals surface area contributed by atoms with E-state index in [9.17, 15) is 9.90 Å². The number of hydrogen-bond acceptors (Lipinski definition) is 2. The van der Waals surface area contributed by atoms with Crippen LogP contribution in [0.1, 0.15) is 23.0 Å². The zero-order valence-electron chi connectivity index (χ0n) is 10.8. The summed E-state index contributed by atoms with van der Waals surface area (Å²) in [6.07, 6.45) is 1.86. The smallest absolute Gasteiger partial charge is 0.272 e. The van der Waals surface area contributed by atoms with E-state index < -0.39 is 0 Å². The number of nitrogens with one attached hydrogen (secondary N) is 1. The number of nitrogens with zero attached hydrogens (tertiary/aromatic N) is 1. The predicted octanol–water partition coefficient (Wildman–Crippen LogP) is 3.54. The highest BCUT2D eigenvalue weighted by Gasteiger charge is 2.12. The first-order valence-electron chi connectivity index (χ1n) is 5.98. The zero-order valence-corrected chi connectivity index (χ0v) is 12.4. The summed E-state index contributed by atoms with van der Waals surface area (Å²) in [6, 6.07) is 6.84. The molecule has 0 spiro atoms. The van der Waals surface area contributed by atoms with Crippen LogP contribution in [-0.4, -0.2) is 15.6 Å². The van der Waals surface area contributed by atoms with E-state index in [2.05, 4.69) is 21.2 Å². The molecule has 0 aliphatic heterocycles. The van der Waals surface area contributed by atoms with Crippen LogP contribution in [0.3, 0.4) is 0 Å². The van der Waals surface area contributed by atoms with Gasteiger partial charge in [-0.25, -0.2) is 0 Å². The van der Waals surface area contributed by atoms with Gasteiger partial charge in [0, 0.05) is 29.0 Å². The fraction of sp³-hybridized carbons (Fsp3) is 0.214. The number of carbonyl (C=O) groups excluding carboxylic acids is 1. The molecule has 1 aromatic carbocycles. The minimum Gasteiger partial charge on any atom is -0.508 e. The maximum atomic E-state index is 12.2. The molecule has 1 aromatic heterocycles. The average Bonchev–Trinajstić information content (AvgIpc) is 2.75. The zero-order chi connectivity index (χ0) is 14.0. The lowest BCUT2D eigenvalue weighted by atomic mass is 10.2. The summed E-state index contributed by atoms with van der Waals surface area (Å²) < 4.78 is 2.72.